The minimum absolute atomic E-state index is 0.0237. The zero-order chi connectivity index (χ0) is 22.1. The average molecular weight is 496 g/mol. The van der Waals surface area contributed by atoms with E-state index in [4.69, 9.17) is 16.6 Å². The van der Waals surface area contributed by atoms with Gasteiger partial charge in [-0.1, -0.05) is 28.1 Å². The van der Waals surface area contributed by atoms with Crippen molar-refractivity contribution in [3.05, 3.63) is 75.8 Å². The molecule has 1 heterocycles. The third-order valence-electron chi connectivity index (χ3n) is 4.62. The van der Waals surface area contributed by atoms with Gasteiger partial charge in [0.25, 0.3) is 5.91 Å². The number of thiocarbonyl (C=S) groups is 1. The van der Waals surface area contributed by atoms with E-state index in [1.54, 1.807) is 30.3 Å². The van der Waals surface area contributed by atoms with Crippen LogP contribution in [0.5, 0.6) is 5.75 Å². The van der Waals surface area contributed by atoms with E-state index in [1.165, 1.54) is 6.07 Å². The predicted molar refractivity (Wildman–Crippen MR) is 128 cm³/mol. The Morgan fingerprint density at radius 3 is 2.71 bits per heavy atom. The lowest BCUT2D eigenvalue weighted by atomic mass is 10.1. The molecule has 0 bridgehead atoms. The van der Waals surface area contributed by atoms with Crippen LogP contribution in [0.15, 0.2) is 63.5 Å². The number of aromatic hydroxyl groups is 1. The Kier molecular flexibility index (Phi) is 5.75. The largest absolute Gasteiger partial charge is 0.507 e. The second-order valence-corrected chi connectivity index (χ2v) is 8.42. The number of amides is 1. The van der Waals surface area contributed by atoms with Gasteiger partial charge in [0.2, 0.25) is 5.89 Å². The molecule has 6 nitrogen and oxygen atoms in total. The topological polar surface area (TPSA) is 87.4 Å². The molecule has 0 saturated heterocycles. The Bertz CT molecular complexity index is 1330. The number of oxazole rings is 1. The van der Waals surface area contributed by atoms with Crippen LogP contribution in [-0.4, -0.2) is 21.1 Å². The summed E-state index contributed by atoms with van der Waals surface area (Å²) in [5.74, 6) is -0.00731. The van der Waals surface area contributed by atoms with Crippen LogP contribution in [0.25, 0.3) is 22.6 Å². The molecule has 1 amide bonds. The zero-order valence-corrected chi connectivity index (χ0v) is 19.1. The Morgan fingerprint density at radius 1 is 1.13 bits per heavy atom. The molecule has 0 aliphatic heterocycles. The van der Waals surface area contributed by atoms with E-state index >= 15 is 0 Å². The van der Waals surface area contributed by atoms with Gasteiger partial charge in [0.05, 0.1) is 5.56 Å². The first kappa shape index (κ1) is 21.0. The van der Waals surface area contributed by atoms with E-state index < -0.39 is 0 Å². The van der Waals surface area contributed by atoms with Crippen molar-refractivity contribution in [1.82, 2.24) is 10.3 Å². The number of carbonyl (C=O) groups excluding carboxylic acids is 1. The van der Waals surface area contributed by atoms with Gasteiger partial charge in [-0.25, -0.2) is 4.98 Å². The van der Waals surface area contributed by atoms with Crippen molar-refractivity contribution in [3.8, 4) is 17.2 Å². The third-order valence-corrected chi connectivity index (χ3v) is 5.32. The highest BCUT2D eigenvalue weighted by Gasteiger charge is 2.16. The van der Waals surface area contributed by atoms with Crippen LogP contribution in [0.4, 0.5) is 5.69 Å². The van der Waals surface area contributed by atoms with Crippen LogP contribution in [0, 0.1) is 13.8 Å². The fourth-order valence-corrected chi connectivity index (χ4v) is 3.85. The highest BCUT2D eigenvalue weighted by molar-refractivity contribution is 9.10. The van der Waals surface area contributed by atoms with Gasteiger partial charge in [0.1, 0.15) is 11.3 Å². The summed E-state index contributed by atoms with van der Waals surface area (Å²) in [6.45, 7) is 3.95. The smallest absolute Gasteiger partial charge is 0.257 e. The Hall–Kier alpha value is -3.23. The molecule has 0 fully saturated rings. The summed E-state index contributed by atoms with van der Waals surface area (Å²) in [5.41, 5.74) is 4.91. The lowest BCUT2D eigenvalue weighted by Gasteiger charge is -2.11. The molecule has 0 unspecified atom stereocenters. The number of benzene rings is 3. The lowest BCUT2D eigenvalue weighted by Crippen LogP contribution is -2.34. The fourth-order valence-electron chi connectivity index (χ4n) is 3.24. The lowest BCUT2D eigenvalue weighted by molar-refractivity contribution is 0.0977. The number of carbonyl (C=O) groups is 1. The number of halogens is 1. The van der Waals surface area contributed by atoms with E-state index in [9.17, 15) is 9.90 Å². The van der Waals surface area contributed by atoms with Crippen molar-refractivity contribution in [3.63, 3.8) is 0 Å². The van der Waals surface area contributed by atoms with Crippen LogP contribution in [0.2, 0.25) is 0 Å². The normalized spacial score (nSPS) is 10.8. The van der Waals surface area contributed by atoms with Crippen LogP contribution < -0.4 is 10.6 Å². The number of hydrogen-bond donors (Lipinski definition) is 3. The quantitative estimate of drug-likeness (QED) is 0.249. The fraction of sp³-hybridized carbons (Fsp3) is 0.0870. The molecule has 8 heteroatoms. The summed E-state index contributed by atoms with van der Waals surface area (Å²) in [7, 11) is 0. The minimum atomic E-state index is -0.331. The van der Waals surface area contributed by atoms with Crippen LogP contribution in [0.1, 0.15) is 21.5 Å². The maximum absolute atomic E-state index is 12.4. The van der Waals surface area contributed by atoms with Crippen molar-refractivity contribution in [1.29, 1.82) is 0 Å². The molecular weight excluding hydrogens is 478 g/mol. The van der Waals surface area contributed by atoms with Crippen LogP contribution in [-0.2, 0) is 0 Å². The number of rotatable bonds is 3. The number of phenolic OH excluding ortho intramolecular Hbond substituents is 1. The summed E-state index contributed by atoms with van der Waals surface area (Å²) in [6, 6.07) is 15.8. The highest BCUT2D eigenvalue weighted by Crippen LogP contribution is 2.34. The van der Waals surface area contributed by atoms with Gasteiger partial charge >= 0.3 is 0 Å². The summed E-state index contributed by atoms with van der Waals surface area (Å²) in [5, 5.41) is 16.1. The van der Waals surface area contributed by atoms with Crippen molar-refractivity contribution in [2.75, 3.05) is 5.32 Å². The van der Waals surface area contributed by atoms with Gasteiger partial charge in [-0.15, -0.1) is 0 Å². The van der Waals surface area contributed by atoms with Gasteiger partial charge < -0.3 is 14.8 Å². The molecule has 0 atom stereocenters. The van der Waals surface area contributed by atoms with E-state index in [-0.39, 0.29) is 16.8 Å². The Labute approximate surface area is 192 Å². The maximum atomic E-state index is 12.4. The summed E-state index contributed by atoms with van der Waals surface area (Å²) < 4.78 is 6.71. The van der Waals surface area contributed by atoms with E-state index in [2.05, 4.69) is 31.5 Å². The van der Waals surface area contributed by atoms with Crippen LogP contribution >= 0.6 is 28.1 Å². The van der Waals surface area contributed by atoms with Crippen molar-refractivity contribution in [2.24, 2.45) is 0 Å². The Balaban J connectivity index is 1.56. The van der Waals surface area contributed by atoms with Crippen molar-refractivity contribution in [2.45, 2.75) is 13.8 Å². The number of aromatic nitrogens is 1. The number of aryl methyl sites for hydroxylation is 2. The molecule has 31 heavy (non-hydrogen) atoms. The molecule has 3 N–H and O–H groups in total. The molecule has 0 aliphatic carbocycles. The van der Waals surface area contributed by atoms with Crippen LogP contribution in [0.3, 0.4) is 0 Å². The van der Waals surface area contributed by atoms with Gasteiger partial charge in [0.15, 0.2) is 10.7 Å². The van der Waals surface area contributed by atoms with Gasteiger partial charge in [0, 0.05) is 15.7 Å². The standard InChI is InChI=1S/C23H18BrN3O3S/c1-12-8-13(2)20-18(9-12)26-22(30-20)17-11-16(6-7-19(17)28)25-23(31)27-21(29)14-4-3-5-15(24)10-14/h3-11,28H,1-2H3,(H2,25,27,29,31). The predicted octanol–water partition coefficient (Wildman–Crippen LogP) is 5.71. The second-order valence-electron chi connectivity index (χ2n) is 7.10. The number of anilines is 1. The van der Waals surface area contributed by atoms with Gasteiger partial charge in [-0.05, 0) is 79.7 Å². The maximum Gasteiger partial charge on any atom is 0.257 e. The molecule has 3 aromatic carbocycles. The summed E-state index contributed by atoms with van der Waals surface area (Å²) >= 11 is 8.61. The number of nitrogens with one attached hydrogen (secondary N) is 2. The number of fused-ring (bicyclic) bond motifs is 1. The zero-order valence-electron chi connectivity index (χ0n) is 16.7. The van der Waals surface area contributed by atoms with Gasteiger partial charge in [-0.2, -0.15) is 0 Å². The number of hydrogen-bond acceptors (Lipinski definition) is 5. The Morgan fingerprint density at radius 2 is 1.94 bits per heavy atom. The number of phenols is 1. The molecule has 156 valence electrons. The minimum Gasteiger partial charge on any atom is -0.507 e. The molecule has 4 rings (SSSR count). The monoisotopic (exact) mass is 495 g/mol. The van der Waals surface area contributed by atoms with E-state index in [1.807, 2.05) is 32.0 Å². The first-order chi connectivity index (χ1) is 14.8. The van der Waals surface area contributed by atoms with Crippen molar-refractivity contribution >= 4 is 56.0 Å². The summed E-state index contributed by atoms with van der Waals surface area (Å²) in [4.78, 5) is 16.9. The van der Waals surface area contributed by atoms with Gasteiger partial charge in [-0.3, -0.25) is 10.1 Å². The molecule has 0 aliphatic rings. The molecule has 0 radical (unpaired) electrons. The SMILES string of the molecule is Cc1cc(C)c2oc(-c3cc(NC(=S)NC(=O)c4cccc(Br)c4)ccc3O)nc2c1. The molecule has 1 aromatic heterocycles. The molecule has 0 saturated carbocycles. The summed E-state index contributed by atoms with van der Waals surface area (Å²) in [6.07, 6.45) is 0. The highest BCUT2D eigenvalue weighted by atomic mass is 79.9. The molecule has 4 aromatic rings. The average Bonchev–Trinajstić information content (AvgIpc) is 3.13. The van der Waals surface area contributed by atoms with E-state index in [0.717, 1.165) is 21.1 Å². The van der Waals surface area contributed by atoms with E-state index in [0.29, 0.717) is 28.3 Å². The second kappa shape index (κ2) is 8.49. The first-order valence-corrected chi connectivity index (χ1v) is 10.6. The number of nitrogens with zero attached hydrogens (tertiary/aromatic N) is 1. The third kappa shape index (κ3) is 4.60. The molecular formula is C23H18BrN3O3S. The van der Waals surface area contributed by atoms with Crippen molar-refractivity contribution < 1.29 is 14.3 Å². The first-order valence-electron chi connectivity index (χ1n) is 9.39. The molecule has 0 spiro atoms.